The summed E-state index contributed by atoms with van der Waals surface area (Å²) in [4.78, 5) is 11.1. The monoisotopic (exact) mass is 304 g/mol. The molecule has 1 aromatic carbocycles. The molecular formula is C10H10BrClN2O2. The number of hydrogen-bond acceptors (Lipinski definition) is 4. The van der Waals surface area contributed by atoms with Crippen LogP contribution in [0, 0.1) is 0 Å². The first-order valence-corrected chi connectivity index (χ1v) is 5.72. The number of nitrogens with one attached hydrogen (secondary N) is 1. The van der Waals surface area contributed by atoms with Crippen LogP contribution in [0.3, 0.4) is 0 Å². The van der Waals surface area contributed by atoms with Gasteiger partial charge in [0, 0.05) is 4.47 Å². The topological polar surface area (TPSA) is 50.7 Å². The average Bonchev–Trinajstić information content (AvgIpc) is 2.26. The summed E-state index contributed by atoms with van der Waals surface area (Å²) in [5, 5.41) is 3.46. The molecule has 0 atom stereocenters. The molecule has 1 rings (SSSR count). The Labute approximate surface area is 107 Å². The zero-order valence-corrected chi connectivity index (χ0v) is 10.9. The Balaban J connectivity index is 2.62. The van der Waals surface area contributed by atoms with Gasteiger partial charge in [0.1, 0.15) is 0 Å². The van der Waals surface area contributed by atoms with Gasteiger partial charge in [0.25, 0.3) is 0 Å². The van der Waals surface area contributed by atoms with E-state index in [1.807, 2.05) is 12.1 Å². The molecule has 0 heterocycles. The predicted molar refractivity (Wildman–Crippen MR) is 67.7 cm³/mol. The molecule has 0 unspecified atom stereocenters. The number of nitrogens with zero attached hydrogens (tertiary/aromatic N) is 1. The highest BCUT2D eigenvalue weighted by Crippen LogP contribution is 2.15. The Kier molecular flexibility index (Phi) is 5.28. The van der Waals surface area contributed by atoms with Crippen molar-refractivity contribution in [3.8, 4) is 0 Å². The van der Waals surface area contributed by atoms with Gasteiger partial charge in [0.2, 0.25) is 5.17 Å². The molecule has 0 aliphatic rings. The van der Waals surface area contributed by atoms with Gasteiger partial charge in [-0.2, -0.15) is 5.10 Å². The fourth-order valence-corrected chi connectivity index (χ4v) is 1.40. The van der Waals surface area contributed by atoms with Crippen molar-refractivity contribution in [1.82, 2.24) is 0 Å². The number of hydrogen-bond donors (Lipinski definition) is 1. The summed E-state index contributed by atoms with van der Waals surface area (Å²) in [7, 11) is 0. The van der Waals surface area contributed by atoms with E-state index in [0.717, 1.165) is 10.2 Å². The Bertz CT molecular complexity index is 410. The Hall–Kier alpha value is -1.07. The normalized spacial score (nSPS) is 11.1. The maximum absolute atomic E-state index is 11.1. The van der Waals surface area contributed by atoms with E-state index in [0.29, 0.717) is 0 Å². The summed E-state index contributed by atoms with van der Waals surface area (Å²) in [5.41, 5.74) is 3.37. The van der Waals surface area contributed by atoms with E-state index in [1.54, 1.807) is 19.1 Å². The third kappa shape index (κ3) is 4.20. The lowest BCUT2D eigenvalue weighted by Gasteiger charge is -2.02. The van der Waals surface area contributed by atoms with Crippen molar-refractivity contribution in [1.29, 1.82) is 0 Å². The van der Waals surface area contributed by atoms with Gasteiger partial charge < -0.3 is 4.74 Å². The molecule has 1 N–H and O–H groups in total. The van der Waals surface area contributed by atoms with Crippen LogP contribution in [0.2, 0.25) is 0 Å². The lowest BCUT2D eigenvalue weighted by Crippen LogP contribution is -2.13. The van der Waals surface area contributed by atoms with Gasteiger partial charge >= 0.3 is 5.97 Å². The largest absolute Gasteiger partial charge is 0.461 e. The number of carbonyl (C=O) groups is 1. The minimum absolute atomic E-state index is 0.234. The molecule has 4 nitrogen and oxygen atoms in total. The number of carbonyl (C=O) groups excluding carboxylic acids is 1. The van der Waals surface area contributed by atoms with Crippen LogP contribution in [0.1, 0.15) is 6.92 Å². The minimum atomic E-state index is -0.647. The molecule has 1 aromatic rings. The van der Waals surface area contributed by atoms with E-state index in [1.165, 1.54) is 0 Å². The summed E-state index contributed by atoms with van der Waals surface area (Å²) in [6.07, 6.45) is 0. The number of halogens is 2. The molecule has 0 amide bonds. The summed E-state index contributed by atoms with van der Waals surface area (Å²) in [6, 6.07) is 7.31. The molecule has 0 saturated heterocycles. The number of benzene rings is 1. The third-order valence-corrected chi connectivity index (χ3v) is 2.28. The van der Waals surface area contributed by atoms with Crippen LogP contribution in [0.5, 0.6) is 0 Å². The number of esters is 1. The van der Waals surface area contributed by atoms with E-state index < -0.39 is 5.97 Å². The van der Waals surface area contributed by atoms with E-state index in [9.17, 15) is 4.79 Å². The molecule has 86 valence electrons. The molecule has 0 fully saturated rings. The number of rotatable bonds is 4. The maximum Gasteiger partial charge on any atom is 0.370 e. The van der Waals surface area contributed by atoms with E-state index in [2.05, 4.69) is 31.2 Å². The highest BCUT2D eigenvalue weighted by molar-refractivity contribution is 9.10. The predicted octanol–water partition coefficient (Wildman–Crippen LogP) is 2.98. The molecule has 0 aromatic heterocycles. The molecule has 0 saturated carbocycles. The SMILES string of the molecule is CCOC(=O)/C(Cl)=N\Nc1cccc(Br)c1. The van der Waals surface area contributed by atoms with Crippen LogP contribution in [-0.4, -0.2) is 17.7 Å². The number of anilines is 1. The van der Waals surface area contributed by atoms with Crippen LogP contribution in [0.25, 0.3) is 0 Å². The third-order valence-electron chi connectivity index (χ3n) is 1.55. The quantitative estimate of drug-likeness (QED) is 0.528. The second-order valence-corrected chi connectivity index (χ2v) is 4.02. The van der Waals surface area contributed by atoms with Crippen LogP contribution in [0.4, 0.5) is 5.69 Å². The van der Waals surface area contributed by atoms with Crippen molar-refractivity contribution >= 4 is 44.4 Å². The molecule has 0 bridgehead atoms. The van der Waals surface area contributed by atoms with Crippen LogP contribution >= 0.6 is 27.5 Å². The van der Waals surface area contributed by atoms with Crippen molar-refractivity contribution in [2.24, 2.45) is 5.10 Å². The van der Waals surface area contributed by atoms with Gasteiger partial charge in [-0.15, -0.1) is 0 Å². The molecule has 0 spiro atoms. The second kappa shape index (κ2) is 6.50. The van der Waals surface area contributed by atoms with Crippen molar-refractivity contribution < 1.29 is 9.53 Å². The summed E-state index contributed by atoms with van der Waals surface area (Å²) >= 11 is 8.91. The summed E-state index contributed by atoms with van der Waals surface area (Å²) in [5.74, 6) is -0.647. The fourth-order valence-electron chi connectivity index (χ4n) is 0.908. The number of hydrazone groups is 1. The minimum Gasteiger partial charge on any atom is -0.461 e. The smallest absolute Gasteiger partial charge is 0.370 e. The first kappa shape index (κ1) is 13.0. The molecular weight excluding hydrogens is 295 g/mol. The van der Waals surface area contributed by atoms with Crippen LogP contribution in [0.15, 0.2) is 33.8 Å². The van der Waals surface area contributed by atoms with Gasteiger partial charge in [-0.3, -0.25) is 5.43 Å². The standard InChI is InChI=1S/C10H10BrClN2O2/c1-2-16-10(15)9(12)14-13-8-5-3-4-7(11)6-8/h3-6,13H,2H2,1H3/b14-9+. The van der Waals surface area contributed by atoms with E-state index in [-0.39, 0.29) is 11.8 Å². The number of ether oxygens (including phenoxy) is 1. The molecule has 0 aliphatic heterocycles. The fraction of sp³-hybridized carbons (Fsp3) is 0.200. The molecule has 16 heavy (non-hydrogen) atoms. The van der Waals surface area contributed by atoms with Gasteiger partial charge in [0.05, 0.1) is 12.3 Å². The zero-order chi connectivity index (χ0) is 12.0. The van der Waals surface area contributed by atoms with E-state index >= 15 is 0 Å². The molecule has 0 radical (unpaired) electrons. The Morgan fingerprint density at radius 1 is 1.62 bits per heavy atom. The van der Waals surface area contributed by atoms with Crippen molar-refractivity contribution in [2.75, 3.05) is 12.0 Å². The van der Waals surface area contributed by atoms with E-state index in [4.69, 9.17) is 11.6 Å². The summed E-state index contributed by atoms with van der Waals surface area (Å²) in [6.45, 7) is 1.96. The van der Waals surface area contributed by atoms with Crippen LogP contribution in [-0.2, 0) is 9.53 Å². The Morgan fingerprint density at radius 2 is 2.38 bits per heavy atom. The molecule has 0 aliphatic carbocycles. The van der Waals surface area contributed by atoms with Gasteiger partial charge in [-0.1, -0.05) is 33.6 Å². The lowest BCUT2D eigenvalue weighted by atomic mass is 10.3. The van der Waals surface area contributed by atoms with Crippen molar-refractivity contribution in [3.63, 3.8) is 0 Å². The maximum atomic E-state index is 11.1. The van der Waals surface area contributed by atoms with Gasteiger partial charge in [-0.25, -0.2) is 4.79 Å². The van der Waals surface area contributed by atoms with Crippen molar-refractivity contribution in [3.05, 3.63) is 28.7 Å². The zero-order valence-electron chi connectivity index (χ0n) is 8.54. The Morgan fingerprint density at radius 3 is 3.00 bits per heavy atom. The first-order chi connectivity index (χ1) is 7.63. The lowest BCUT2D eigenvalue weighted by molar-refractivity contribution is -0.134. The first-order valence-electron chi connectivity index (χ1n) is 4.55. The summed E-state index contributed by atoms with van der Waals surface area (Å²) < 4.78 is 5.57. The highest BCUT2D eigenvalue weighted by Gasteiger charge is 2.08. The van der Waals surface area contributed by atoms with Crippen LogP contribution < -0.4 is 5.43 Å². The van der Waals surface area contributed by atoms with Gasteiger partial charge in [0.15, 0.2) is 0 Å². The van der Waals surface area contributed by atoms with Gasteiger partial charge in [-0.05, 0) is 25.1 Å². The highest BCUT2D eigenvalue weighted by atomic mass is 79.9. The molecule has 6 heteroatoms. The average molecular weight is 306 g/mol. The second-order valence-electron chi connectivity index (χ2n) is 2.75. The van der Waals surface area contributed by atoms with Crippen molar-refractivity contribution in [2.45, 2.75) is 6.92 Å².